The van der Waals surface area contributed by atoms with E-state index in [2.05, 4.69) is 31.9 Å². The average molecular weight is 549 g/mol. The lowest BCUT2D eigenvalue weighted by atomic mass is 9.81. The maximum atomic E-state index is 13.1. The Morgan fingerprint density at radius 3 is 2.03 bits per heavy atom. The maximum Gasteiger partial charge on any atom is 0.340 e. The Kier molecular flexibility index (Phi) is 6.39. The zero-order chi connectivity index (χ0) is 22.1. The SMILES string of the molecule is O=C(COC(=O)c1ccccc1N1C(=O)[C@H]2C[C@@H](Br)[C@H](Br)C[C@@H]2C1=O)c1ccccc1. The van der Waals surface area contributed by atoms with Gasteiger partial charge in [0.15, 0.2) is 12.4 Å². The molecule has 6 nitrogen and oxygen atoms in total. The minimum atomic E-state index is -0.757. The van der Waals surface area contributed by atoms with Crippen molar-refractivity contribution >= 4 is 61.1 Å². The van der Waals surface area contributed by atoms with Gasteiger partial charge in [-0.15, -0.1) is 0 Å². The van der Waals surface area contributed by atoms with Crippen LogP contribution < -0.4 is 4.90 Å². The predicted molar refractivity (Wildman–Crippen MR) is 122 cm³/mol. The van der Waals surface area contributed by atoms with Crippen molar-refractivity contribution in [2.24, 2.45) is 11.8 Å². The molecule has 1 heterocycles. The van der Waals surface area contributed by atoms with Crippen molar-refractivity contribution in [2.75, 3.05) is 11.5 Å². The second-order valence-corrected chi connectivity index (χ2v) is 9.96. The minimum absolute atomic E-state index is 0.0782. The first-order valence-corrected chi connectivity index (χ1v) is 11.7. The highest BCUT2D eigenvalue weighted by atomic mass is 79.9. The first-order valence-electron chi connectivity index (χ1n) is 9.89. The number of para-hydroxylation sites is 1. The topological polar surface area (TPSA) is 80.8 Å². The lowest BCUT2D eigenvalue weighted by Crippen LogP contribution is -2.34. The molecule has 2 fully saturated rings. The van der Waals surface area contributed by atoms with Crippen LogP contribution in [0.4, 0.5) is 5.69 Å². The third-order valence-electron chi connectivity index (χ3n) is 5.71. The lowest BCUT2D eigenvalue weighted by molar-refractivity contribution is -0.122. The van der Waals surface area contributed by atoms with Gasteiger partial charge in [0.25, 0.3) is 0 Å². The van der Waals surface area contributed by atoms with Gasteiger partial charge in [0.05, 0.1) is 23.1 Å². The summed E-state index contributed by atoms with van der Waals surface area (Å²) in [6.45, 7) is -0.430. The second kappa shape index (κ2) is 9.04. The summed E-state index contributed by atoms with van der Waals surface area (Å²) in [6, 6.07) is 14.9. The van der Waals surface area contributed by atoms with Crippen molar-refractivity contribution in [1.82, 2.24) is 0 Å². The molecule has 8 heteroatoms. The quantitative estimate of drug-likeness (QED) is 0.243. The summed E-state index contributed by atoms with van der Waals surface area (Å²) in [5.74, 6) is -2.55. The molecule has 31 heavy (non-hydrogen) atoms. The third-order valence-corrected chi connectivity index (χ3v) is 8.44. The van der Waals surface area contributed by atoms with Gasteiger partial charge in [-0.2, -0.15) is 0 Å². The number of ether oxygens (including phenoxy) is 1. The molecule has 0 spiro atoms. The van der Waals surface area contributed by atoms with E-state index in [0.29, 0.717) is 18.4 Å². The zero-order valence-corrected chi connectivity index (χ0v) is 19.5. The van der Waals surface area contributed by atoms with Crippen molar-refractivity contribution in [3.63, 3.8) is 0 Å². The highest BCUT2D eigenvalue weighted by molar-refractivity contribution is 9.12. The van der Waals surface area contributed by atoms with Crippen LogP contribution in [0.5, 0.6) is 0 Å². The van der Waals surface area contributed by atoms with Gasteiger partial charge in [-0.1, -0.05) is 74.3 Å². The fourth-order valence-corrected chi connectivity index (χ4v) is 5.33. The van der Waals surface area contributed by atoms with Gasteiger partial charge in [0, 0.05) is 15.2 Å². The number of imide groups is 1. The first-order chi connectivity index (χ1) is 14.9. The Morgan fingerprint density at radius 2 is 1.42 bits per heavy atom. The fraction of sp³-hybridized carbons (Fsp3) is 0.304. The molecule has 0 bridgehead atoms. The predicted octanol–water partition coefficient (Wildman–Crippen LogP) is 4.15. The van der Waals surface area contributed by atoms with Crippen molar-refractivity contribution in [1.29, 1.82) is 0 Å². The number of fused-ring (bicyclic) bond motifs is 1. The number of hydrogen-bond acceptors (Lipinski definition) is 5. The molecule has 2 aliphatic rings. The van der Waals surface area contributed by atoms with Gasteiger partial charge in [-0.3, -0.25) is 14.4 Å². The molecule has 1 saturated heterocycles. The molecule has 1 aliphatic heterocycles. The summed E-state index contributed by atoms with van der Waals surface area (Å²) >= 11 is 7.14. The molecular weight excluding hydrogens is 530 g/mol. The number of alkyl halides is 2. The first kappa shape index (κ1) is 21.9. The van der Waals surface area contributed by atoms with Crippen LogP contribution in [0.1, 0.15) is 33.6 Å². The van der Waals surface area contributed by atoms with Crippen LogP contribution in [-0.4, -0.2) is 39.8 Å². The number of hydrogen-bond donors (Lipinski definition) is 0. The number of Topliss-reactive ketones (excluding diaryl/α,β-unsaturated/α-hetero) is 1. The van der Waals surface area contributed by atoms with Gasteiger partial charge in [-0.25, -0.2) is 9.69 Å². The molecule has 0 radical (unpaired) electrons. The largest absolute Gasteiger partial charge is 0.454 e. The van der Waals surface area contributed by atoms with E-state index in [-0.39, 0.29) is 38.5 Å². The number of ketones is 1. The second-order valence-electron chi connectivity index (χ2n) is 7.61. The average Bonchev–Trinajstić information content (AvgIpc) is 3.02. The summed E-state index contributed by atoms with van der Waals surface area (Å²) in [4.78, 5) is 52.5. The molecule has 2 amide bonds. The van der Waals surface area contributed by atoms with Gasteiger partial charge < -0.3 is 4.74 Å². The Hall–Kier alpha value is -2.32. The molecular formula is C23H19Br2NO5. The highest BCUT2D eigenvalue weighted by Crippen LogP contribution is 2.44. The zero-order valence-electron chi connectivity index (χ0n) is 16.4. The van der Waals surface area contributed by atoms with Gasteiger partial charge in [0.2, 0.25) is 11.8 Å². The standard InChI is InChI=1S/C23H19Br2NO5/c24-17-10-15-16(11-18(17)25)22(29)26(21(15)28)19-9-5-4-8-14(19)23(30)31-12-20(27)13-6-2-1-3-7-13/h1-9,15-18H,10-12H2/t15-,16-,17+,18+/m0/s1. The van der Waals surface area contributed by atoms with Crippen molar-refractivity contribution in [3.05, 3.63) is 65.7 Å². The van der Waals surface area contributed by atoms with Gasteiger partial charge in [-0.05, 0) is 25.0 Å². The number of carbonyl (C=O) groups is 4. The van der Waals surface area contributed by atoms with Crippen LogP contribution in [0.2, 0.25) is 0 Å². The Labute approximate surface area is 196 Å². The normalized spacial score (nSPS) is 25.3. The number of carbonyl (C=O) groups excluding carboxylic acids is 4. The summed E-state index contributed by atoms with van der Waals surface area (Å²) in [5.41, 5.74) is 0.710. The van der Waals surface area contributed by atoms with Gasteiger partial charge >= 0.3 is 5.97 Å². The van der Waals surface area contributed by atoms with Crippen molar-refractivity contribution in [3.8, 4) is 0 Å². The molecule has 2 aromatic rings. The fourth-order valence-electron chi connectivity index (χ4n) is 4.09. The van der Waals surface area contributed by atoms with Crippen LogP contribution in [0.15, 0.2) is 54.6 Å². The van der Waals surface area contributed by atoms with Crippen LogP contribution in [-0.2, 0) is 14.3 Å². The van der Waals surface area contributed by atoms with E-state index in [9.17, 15) is 19.2 Å². The van der Waals surface area contributed by atoms with Crippen LogP contribution >= 0.6 is 31.9 Å². The number of amides is 2. The van der Waals surface area contributed by atoms with Crippen LogP contribution in [0.3, 0.4) is 0 Å². The van der Waals surface area contributed by atoms with Gasteiger partial charge in [0.1, 0.15) is 0 Å². The van der Waals surface area contributed by atoms with Crippen molar-refractivity contribution < 1.29 is 23.9 Å². The summed E-state index contributed by atoms with van der Waals surface area (Å²) in [6.07, 6.45) is 1.08. The molecule has 0 N–H and O–H groups in total. The molecule has 4 rings (SSSR count). The van der Waals surface area contributed by atoms with E-state index in [0.717, 1.165) is 4.90 Å². The number of benzene rings is 2. The van der Waals surface area contributed by atoms with E-state index >= 15 is 0 Å². The summed E-state index contributed by atoms with van der Waals surface area (Å²) in [7, 11) is 0. The van der Waals surface area contributed by atoms with Crippen LogP contribution in [0, 0.1) is 11.8 Å². The molecule has 0 aromatic heterocycles. The third kappa shape index (κ3) is 4.23. The van der Waals surface area contributed by atoms with Crippen molar-refractivity contribution in [2.45, 2.75) is 22.5 Å². The molecule has 1 saturated carbocycles. The smallest absolute Gasteiger partial charge is 0.340 e. The minimum Gasteiger partial charge on any atom is -0.454 e. The monoisotopic (exact) mass is 547 g/mol. The number of halogens is 2. The summed E-state index contributed by atoms with van der Waals surface area (Å²) in [5, 5.41) is 0. The van der Waals surface area contributed by atoms with E-state index in [1.54, 1.807) is 48.5 Å². The maximum absolute atomic E-state index is 13.1. The molecule has 160 valence electrons. The molecule has 1 aliphatic carbocycles. The highest BCUT2D eigenvalue weighted by Gasteiger charge is 2.52. The number of esters is 1. The van der Waals surface area contributed by atoms with E-state index in [1.807, 2.05) is 0 Å². The van der Waals surface area contributed by atoms with E-state index < -0.39 is 24.4 Å². The molecule has 4 atom stereocenters. The molecule has 0 unspecified atom stereocenters. The Bertz CT molecular complexity index is 1010. The van der Waals surface area contributed by atoms with E-state index in [4.69, 9.17) is 4.74 Å². The van der Waals surface area contributed by atoms with Crippen LogP contribution in [0.25, 0.3) is 0 Å². The lowest BCUT2D eigenvalue weighted by Gasteiger charge is -2.29. The number of anilines is 1. The Balaban J connectivity index is 1.55. The number of nitrogens with zero attached hydrogens (tertiary/aromatic N) is 1. The van der Waals surface area contributed by atoms with E-state index in [1.165, 1.54) is 6.07 Å². The number of rotatable bonds is 5. The Morgan fingerprint density at radius 1 is 0.871 bits per heavy atom. The molecule has 2 aromatic carbocycles. The summed E-state index contributed by atoms with van der Waals surface area (Å²) < 4.78 is 5.22.